The first-order valence-corrected chi connectivity index (χ1v) is 8.50. The third kappa shape index (κ3) is 3.31. The molecule has 0 bridgehead atoms. The fourth-order valence-corrected chi connectivity index (χ4v) is 3.42. The third-order valence-electron chi connectivity index (χ3n) is 4.62. The first-order chi connectivity index (χ1) is 10.6. The quantitative estimate of drug-likeness (QED) is 0.881. The maximum absolute atomic E-state index is 12.5. The van der Waals surface area contributed by atoms with Gasteiger partial charge in [-0.05, 0) is 69.2 Å². The lowest BCUT2D eigenvalue weighted by Crippen LogP contribution is -2.34. The molecule has 0 unspecified atom stereocenters. The number of likely N-dealkylation sites (tertiary alicyclic amines) is 1. The molecule has 3 rings (SSSR count). The van der Waals surface area contributed by atoms with Crippen LogP contribution in [0.1, 0.15) is 26.2 Å². The number of fused-ring (bicyclic) bond motifs is 1. The minimum atomic E-state index is 0.0200. The Morgan fingerprint density at radius 2 is 1.95 bits per heavy atom. The molecule has 4 nitrogen and oxygen atoms in total. The topological polar surface area (TPSA) is 41.0 Å². The second-order valence-corrected chi connectivity index (χ2v) is 6.70. The smallest absolute Gasteiger partial charge is 0.262 e. The van der Waals surface area contributed by atoms with Crippen molar-refractivity contribution in [2.45, 2.75) is 32.7 Å². The summed E-state index contributed by atoms with van der Waals surface area (Å²) in [6.45, 7) is 6.42. The molecule has 22 heavy (non-hydrogen) atoms. The number of piperidine rings is 1. The van der Waals surface area contributed by atoms with Gasteiger partial charge in [-0.1, -0.05) is 19.1 Å². The van der Waals surface area contributed by atoms with Crippen LogP contribution >= 0.6 is 12.2 Å². The van der Waals surface area contributed by atoms with Crippen molar-refractivity contribution in [2.24, 2.45) is 5.92 Å². The fraction of sp³-hybridized carbons (Fsp3) is 0.529. The van der Waals surface area contributed by atoms with Crippen LogP contribution in [0.25, 0.3) is 10.9 Å². The molecule has 0 saturated carbocycles. The molecule has 0 atom stereocenters. The van der Waals surface area contributed by atoms with Crippen LogP contribution in [0.3, 0.4) is 0 Å². The van der Waals surface area contributed by atoms with Crippen molar-refractivity contribution in [1.29, 1.82) is 0 Å². The number of benzene rings is 1. The number of para-hydroxylation sites is 1. The van der Waals surface area contributed by atoms with Crippen molar-refractivity contribution < 1.29 is 0 Å². The number of H-pyrrole nitrogens is 1. The second-order valence-electron chi connectivity index (χ2n) is 6.31. The molecule has 1 saturated heterocycles. The van der Waals surface area contributed by atoms with E-state index in [9.17, 15) is 4.79 Å². The van der Waals surface area contributed by atoms with Crippen LogP contribution in [0.4, 0.5) is 0 Å². The van der Waals surface area contributed by atoms with Gasteiger partial charge in [0.25, 0.3) is 5.56 Å². The van der Waals surface area contributed by atoms with Gasteiger partial charge in [0.1, 0.15) is 0 Å². The normalized spacial score (nSPS) is 17.1. The molecule has 0 amide bonds. The van der Waals surface area contributed by atoms with Gasteiger partial charge in [-0.15, -0.1) is 0 Å². The molecule has 0 radical (unpaired) electrons. The molecule has 2 aromatic rings. The first-order valence-electron chi connectivity index (χ1n) is 8.09. The number of rotatable bonds is 4. The Bertz CT molecular complexity index is 756. The van der Waals surface area contributed by atoms with Crippen LogP contribution in [0.5, 0.6) is 0 Å². The van der Waals surface area contributed by atoms with Crippen LogP contribution < -0.4 is 5.56 Å². The largest absolute Gasteiger partial charge is 0.332 e. The average Bonchev–Trinajstić information content (AvgIpc) is 2.52. The van der Waals surface area contributed by atoms with Crippen molar-refractivity contribution in [2.75, 3.05) is 19.6 Å². The van der Waals surface area contributed by atoms with E-state index in [4.69, 9.17) is 12.2 Å². The van der Waals surface area contributed by atoms with Crippen LogP contribution in [-0.2, 0) is 6.54 Å². The van der Waals surface area contributed by atoms with Gasteiger partial charge in [-0.3, -0.25) is 9.36 Å². The summed E-state index contributed by atoms with van der Waals surface area (Å²) in [6.07, 6.45) is 3.54. The summed E-state index contributed by atoms with van der Waals surface area (Å²) < 4.78 is 2.22. The number of nitrogens with zero attached hydrogens (tertiary/aromatic N) is 2. The minimum Gasteiger partial charge on any atom is -0.332 e. The fourth-order valence-electron chi connectivity index (χ4n) is 3.14. The molecule has 1 aromatic heterocycles. The Labute approximate surface area is 135 Å². The summed E-state index contributed by atoms with van der Waals surface area (Å²) in [5.41, 5.74) is 0.838. The highest BCUT2D eigenvalue weighted by Crippen LogP contribution is 2.16. The first kappa shape index (κ1) is 15.4. The average molecular weight is 317 g/mol. The molecule has 1 aromatic carbocycles. The molecule has 1 aliphatic rings. The van der Waals surface area contributed by atoms with Crippen molar-refractivity contribution >= 4 is 23.1 Å². The number of hydrogen-bond donors (Lipinski definition) is 1. The molecule has 2 heterocycles. The van der Waals surface area contributed by atoms with E-state index in [-0.39, 0.29) is 5.56 Å². The number of aromatic nitrogens is 2. The highest BCUT2D eigenvalue weighted by Gasteiger charge is 2.15. The van der Waals surface area contributed by atoms with Crippen molar-refractivity contribution in [3.8, 4) is 0 Å². The predicted molar refractivity (Wildman–Crippen MR) is 92.8 cm³/mol. The van der Waals surface area contributed by atoms with Gasteiger partial charge < -0.3 is 9.88 Å². The van der Waals surface area contributed by atoms with Gasteiger partial charge in [0.2, 0.25) is 0 Å². The van der Waals surface area contributed by atoms with E-state index in [0.29, 0.717) is 16.7 Å². The van der Waals surface area contributed by atoms with E-state index >= 15 is 0 Å². The van der Waals surface area contributed by atoms with E-state index < -0.39 is 0 Å². The molecule has 0 aliphatic carbocycles. The van der Waals surface area contributed by atoms with E-state index in [0.717, 1.165) is 24.4 Å². The Morgan fingerprint density at radius 1 is 1.23 bits per heavy atom. The third-order valence-corrected chi connectivity index (χ3v) is 4.94. The molecule has 118 valence electrons. The van der Waals surface area contributed by atoms with Crippen molar-refractivity contribution in [3.05, 3.63) is 39.4 Å². The van der Waals surface area contributed by atoms with Crippen LogP contribution in [0, 0.1) is 10.7 Å². The summed E-state index contributed by atoms with van der Waals surface area (Å²) in [7, 11) is 0. The highest BCUT2D eigenvalue weighted by atomic mass is 32.1. The number of hydrogen-bond acceptors (Lipinski definition) is 3. The lowest BCUT2D eigenvalue weighted by atomic mass is 9.99. The Balaban J connectivity index is 1.69. The molecule has 1 aliphatic heterocycles. The van der Waals surface area contributed by atoms with E-state index in [1.807, 2.05) is 24.3 Å². The minimum absolute atomic E-state index is 0.0200. The zero-order chi connectivity index (χ0) is 15.5. The van der Waals surface area contributed by atoms with Crippen molar-refractivity contribution in [1.82, 2.24) is 14.5 Å². The van der Waals surface area contributed by atoms with Gasteiger partial charge in [0, 0.05) is 6.54 Å². The van der Waals surface area contributed by atoms with E-state index in [1.54, 1.807) is 4.57 Å². The van der Waals surface area contributed by atoms with Gasteiger partial charge in [-0.25, -0.2) is 0 Å². The standard InChI is InChI=1S/C17H23N3OS/c1-13-7-11-19(12-8-13)9-4-10-20-16(21)14-5-2-3-6-15(14)18-17(20)22/h2-3,5-6,13H,4,7-12H2,1H3,(H,18,22). The maximum atomic E-state index is 12.5. The van der Waals surface area contributed by atoms with E-state index in [2.05, 4.69) is 16.8 Å². The van der Waals surface area contributed by atoms with Crippen LogP contribution in [0.2, 0.25) is 0 Å². The Morgan fingerprint density at radius 3 is 2.73 bits per heavy atom. The molecule has 0 spiro atoms. The lowest BCUT2D eigenvalue weighted by molar-refractivity contribution is 0.188. The van der Waals surface area contributed by atoms with Gasteiger partial charge in [0.05, 0.1) is 10.9 Å². The Hall–Kier alpha value is -1.46. The summed E-state index contributed by atoms with van der Waals surface area (Å²) >= 11 is 5.35. The van der Waals surface area contributed by atoms with Gasteiger partial charge in [0.15, 0.2) is 4.77 Å². The summed E-state index contributed by atoms with van der Waals surface area (Å²) in [4.78, 5) is 18.2. The predicted octanol–water partition coefficient (Wildman–Crippen LogP) is 3.18. The monoisotopic (exact) mass is 317 g/mol. The second kappa shape index (κ2) is 6.75. The SMILES string of the molecule is CC1CCN(CCCn2c(=S)[nH]c3ccccc3c2=O)CC1. The van der Waals surface area contributed by atoms with Gasteiger partial charge in [-0.2, -0.15) is 0 Å². The molecule has 5 heteroatoms. The summed E-state index contributed by atoms with van der Waals surface area (Å²) in [6, 6.07) is 7.55. The lowest BCUT2D eigenvalue weighted by Gasteiger charge is -2.30. The molecule has 1 N–H and O–H groups in total. The van der Waals surface area contributed by atoms with Crippen molar-refractivity contribution in [3.63, 3.8) is 0 Å². The zero-order valence-corrected chi connectivity index (χ0v) is 13.9. The number of nitrogens with one attached hydrogen (secondary N) is 1. The maximum Gasteiger partial charge on any atom is 0.262 e. The summed E-state index contributed by atoms with van der Waals surface area (Å²) in [5, 5.41) is 0.711. The Kier molecular flexibility index (Phi) is 4.74. The molecule has 1 fully saturated rings. The van der Waals surface area contributed by atoms with E-state index in [1.165, 1.54) is 25.9 Å². The summed E-state index contributed by atoms with van der Waals surface area (Å²) in [5.74, 6) is 0.855. The molecular weight excluding hydrogens is 294 g/mol. The molecular formula is C17H23N3OS. The van der Waals surface area contributed by atoms with Crippen LogP contribution in [0.15, 0.2) is 29.1 Å². The van der Waals surface area contributed by atoms with Crippen LogP contribution in [-0.4, -0.2) is 34.1 Å². The number of aromatic amines is 1. The highest BCUT2D eigenvalue weighted by molar-refractivity contribution is 7.71. The zero-order valence-electron chi connectivity index (χ0n) is 13.0. The van der Waals surface area contributed by atoms with Gasteiger partial charge >= 0.3 is 0 Å².